The molecular weight excluding hydrogens is 939 g/mol. The van der Waals surface area contributed by atoms with E-state index in [9.17, 15) is 0 Å². The van der Waals surface area contributed by atoms with Crippen molar-refractivity contribution < 1.29 is 24.5 Å². The fourth-order valence-electron chi connectivity index (χ4n) is 8.18. The monoisotopic (exact) mass is 992 g/mol. The van der Waals surface area contributed by atoms with E-state index in [1.165, 1.54) is 44.1 Å². The fourth-order valence-corrected chi connectivity index (χ4v) is 11.5. The summed E-state index contributed by atoms with van der Waals surface area (Å²) in [4.78, 5) is 19.0. The first-order valence-electron chi connectivity index (χ1n) is 20.2. The maximum atomic E-state index is 6.37. The van der Waals surface area contributed by atoms with E-state index in [0.717, 1.165) is 72.9 Å². The van der Waals surface area contributed by atoms with Gasteiger partial charge in [0, 0.05) is 43.9 Å². The van der Waals surface area contributed by atoms with E-state index in [4.69, 9.17) is 19.4 Å². The minimum atomic E-state index is -1.89. The van der Waals surface area contributed by atoms with Crippen molar-refractivity contribution in [3.63, 3.8) is 0 Å². The van der Waals surface area contributed by atoms with Crippen LogP contribution in [0.2, 0.25) is 17.3 Å². The van der Waals surface area contributed by atoms with Crippen molar-refractivity contribution in [3.05, 3.63) is 138 Å². The molecule has 8 aromatic rings. The Kier molecular flexibility index (Phi) is 12.6. The number of hydrogen-bond acceptors (Lipinski definition) is 5. The Labute approximate surface area is 353 Å². The summed E-state index contributed by atoms with van der Waals surface area (Å²) < 4.78 is 10.2. The Bertz CT molecular complexity index is 2600. The van der Waals surface area contributed by atoms with Crippen LogP contribution < -0.4 is 4.40 Å². The predicted octanol–water partition coefficient (Wildman–Crippen LogP) is 11.9. The molecule has 0 atom stereocenters. The molecule has 1 fully saturated rings. The topological polar surface area (TPSA) is 69.6 Å². The molecule has 0 unspecified atom stereocenters. The summed E-state index contributed by atoms with van der Waals surface area (Å²) in [5, 5.41) is 2.10. The number of benzene rings is 3. The molecule has 5 heterocycles. The van der Waals surface area contributed by atoms with Crippen LogP contribution in [-0.4, -0.2) is 37.8 Å². The Morgan fingerprint density at radius 1 is 0.825 bits per heavy atom. The summed E-state index contributed by atoms with van der Waals surface area (Å²) in [6.45, 7) is 6.95. The molecule has 0 bridgehead atoms. The minimum absolute atomic E-state index is 0. The SMILES string of the molecule is Cc1nccc2c1oc1c(-c3nc4cc(C(C)C)ncc4n3Cc3ccccc3)[c-]ccc12.[CH3][Ge]([CH3])([CH3])[c]1cnc(-c2[c-]cccc2)cc1CC1CCCCC1.[Ir]. The average molecular weight is 991 g/mol. The maximum absolute atomic E-state index is 6.37. The molecule has 1 saturated carbocycles. The molecular formula is C49H51GeIrN5O-2. The maximum Gasteiger partial charge on any atom is 0 e. The van der Waals surface area contributed by atoms with Gasteiger partial charge in [-0.1, -0.05) is 55.1 Å². The minimum Gasteiger partial charge on any atom is 0 e. The number of fused-ring (bicyclic) bond motifs is 4. The third-order valence-electron chi connectivity index (χ3n) is 11.2. The molecule has 1 aliphatic rings. The van der Waals surface area contributed by atoms with E-state index in [0.29, 0.717) is 12.5 Å². The van der Waals surface area contributed by atoms with Crippen LogP contribution in [0.3, 0.4) is 0 Å². The van der Waals surface area contributed by atoms with Gasteiger partial charge in [-0.25, -0.2) is 0 Å². The van der Waals surface area contributed by atoms with E-state index in [-0.39, 0.29) is 20.1 Å². The van der Waals surface area contributed by atoms with Gasteiger partial charge in [-0.3, -0.25) is 15.0 Å². The quantitative estimate of drug-likeness (QED) is 0.112. The van der Waals surface area contributed by atoms with E-state index >= 15 is 0 Å². The molecule has 0 N–H and O–H groups in total. The van der Waals surface area contributed by atoms with Crippen LogP contribution >= 0.6 is 0 Å². The first kappa shape index (κ1) is 40.8. The Balaban J connectivity index is 0.000000183. The average Bonchev–Trinajstić information content (AvgIpc) is 3.78. The summed E-state index contributed by atoms with van der Waals surface area (Å²) in [7, 11) is 0. The van der Waals surface area contributed by atoms with Gasteiger partial charge in [-0.2, -0.15) is 0 Å². The standard InChI is InChI=1S/C28H23N4O.C21H28GeN.Ir/c1-17(2)23-14-24-25(15-30-23)32(16-19-8-5-4-6-9-19)28(31-24)22-11-7-10-20-21-12-13-29-18(3)26(21)33-27(20)22;1-22(2,3)20-16-23-21(18-12-8-5-9-13-18)15-19(20)14-17-10-6-4-7-11-17;/h4-10,12-15,17H,16H2,1-3H3;5,8-9,12,15-17H,4,6-7,10-11,14H2,1-3H3;/q2*-1;. The van der Waals surface area contributed by atoms with Crippen molar-refractivity contribution in [2.45, 2.75) is 89.0 Å². The van der Waals surface area contributed by atoms with Gasteiger partial charge in [-0.15, -0.1) is 18.2 Å². The number of aryl methyl sites for hydroxylation is 1. The first-order valence-corrected chi connectivity index (χ1v) is 27.5. The van der Waals surface area contributed by atoms with Crippen LogP contribution in [0.5, 0.6) is 0 Å². The normalized spacial score (nSPS) is 13.5. The second-order valence-electron chi connectivity index (χ2n) is 16.7. The van der Waals surface area contributed by atoms with E-state index < -0.39 is 13.3 Å². The van der Waals surface area contributed by atoms with Gasteiger partial charge < -0.3 is 8.98 Å². The van der Waals surface area contributed by atoms with Crippen molar-refractivity contribution in [3.8, 4) is 22.6 Å². The summed E-state index contributed by atoms with van der Waals surface area (Å²) in [5.41, 5.74) is 11.3. The number of pyridine rings is 3. The van der Waals surface area contributed by atoms with E-state index in [2.05, 4.69) is 108 Å². The Morgan fingerprint density at radius 2 is 1.60 bits per heavy atom. The molecule has 0 amide bonds. The summed E-state index contributed by atoms with van der Waals surface area (Å²) >= 11 is -1.89. The van der Waals surface area contributed by atoms with Crippen molar-refractivity contribution in [2.24, 2.45) is 5.92 Å². The molecule has 293 valence electrons. The molecule has 8 heteroatoms. The first-order chi connectivity index (χ1) is 27.1. The fraction of sp³-hybridized carbons (Fsp3) is 0.306. The third kappa shape index (κ3) is 8.86. The molecule has 1 radical (unpaired) electrons. The number of nitrogens with zero attached hydrogens (tertiary/aromatic N) is 5. The van der Waals surface area contributed by atoms with E-state index in [1.54, 1.807) is 9.96 Å². The smallest absolute Gasteiger partial charge is 0 e. The van der Waals surface area contributed by atoms with Crippen LogP contribution in [0.15, 0.2) is 108 Å². The Hall–Kier alpha value is -4.43. The molecule has 0 aliphatic heterocycles. The predicted molar refractivity (Wildman–Crippen MR) is 233 cm³/mol. The molecule has 6 nitrogen and oxygen atoms in total. The second kappa shape index (κ2) is 17.6. The van der Waals surface area contributed by atoms with Crippen LogP contribution in [0.25, 0.3) is 55.6 Å². The van der Waals surface area contributed by atoms with Crippen LogP contribution in [0, 0.1) is 25.0 Å². The van der Waals surface area contributed by atoms with Gasteiger partial charge in [0.15, 0.2) is 0 Å². The van der Waals surface area contributed by atoms with Gasteiger partial charge >= 0.3 is 144 Å². The molecule has 0 spiro atoms. The summed E-state index contributed by atoms with van der Waals surface area (Å²) in [5.74, 6) is 9.48. The molecule has 9 rings (SSSR count). The van der Waals surface area contributed by atoms with Crippen molar-refractivity contribution in [1.82, 2.24) is 24.5 Å². The van der Waals surface area contributed by atoms with Crippen molar-refractivity contribution in [1.29, 1.82) is 0 Å². The molecule has 0 saturated heterocycles. The van der Waals surface area contributed by atoms with Gasteiger partial charge in [-0.05, 0) is 30.5 Å². The zero-order valence-electron chi connectivity index (χ0n) is 33.9. The van der Waals surface area contributed by atoms with Gasteiger partial charge in [0.05, 0.1) is 34.3 Å². The largest absolute Gasteiger partial charge is 0 e. The molecule has 5 aromatic heterocycles. The van der Waals surface area contributed by atoms with Gasteiger partial charge in [0.25, 0.3) is 0 Å². The van der Waals surface area contributed by atoms with Gasteiger partial charge in [0.1, 0.15) is 5.58 Å². The van der Waals surface area contributed by atoms with Gasteiger partial charge in [0.2, 0.25) is 0 Å². The van der Waals surface area contributed by atoms with Crippen LogP contribution in [-0.2, 0) is 33.1 Å². The number of furan rings is 1. The van der Waals surface area contributed by atoms with Crippen LogP contribution in [0.4, 0.5) is 0 Å². The number of hydrogen-bond donors (Lipinski definition) is 0. The van der Waals surface area contributed by atoms with Crippen molar-refractivity contribution in [2.75, 3.05) is 0 Å². The summed E-state index contributed by atoms with van der Waals surface area (Å²) in [6, 6.07) is 35.8. The molecule has 1 aliphatic carbocycles. The molecule has 57 heavy (non-hydrogen) atoms. The van der Waals surface area contributed by atoms with E-state index in [1.807, 2.05) is 55.7 Å². The number of rotatable bonds is 8. The molecule has 3 aromatic carbocycles. The number of aromatic nitrogens is 5. The zero-order chi connectivity index (χ0) is 38.8. The van der Waals surface area contributed by atoms with Crippen LogP contribution in [0.1, 0.15) is 74.4 Å². The number of imidazole rings is 1. The third-order valence-corrected chi connectivity index (χ3v) is 15.5. The zero-order valence-corrected chi connectivity index (χ0v) is 38.4. The Morgan fingerprint density at radius 3 is 2.33 bits per heavy atom. The second-order valence-corrected chi connectivity index (χ2v) is 27.3. The summed E-state index contributed by atoms with van der Waals surface area (Å²) in [6.07, 6.45) is 14.3. The van der Waals surface area contributed by atoms with Crippen molar-refractivity contribution >= 4 is 50.6 Å².